The van der Waals surface area contributed by atoms with Crippen LogP contribution in [0.25, 0.3) is 0 Å². The van der Waals surface area contributed by atoms with Crippen LogP contribution in [0.15, 0.2) is 53.4 Å². The number of rotatable bonds is 6. The Balaban J connectivity index is 2.12. The van der Waals surface area contributed by atoms with Crippen molar-refractivity contribution in [2.75, 3.05) is 4.72 Å². The van der Waals surface area contributed by atoms with E-state index in [1.165, 1.54) is 0 Å². The fraction of sp³-hybridized carbons (Fsp3) is 0.143. The summed E-state index contributed by atoms with van der Waals surface area (Å²) in [5.41, 5.74) is -0.0213. The molecule has 0 heterocycles. The number of nitrogens with one attached hydrogen (secondary N) is 1. The Bertz CT molecular complexity index is 792. The van der Waals surface area contributed by atoms with Crippen LogP contribution in [0.5, 0.6) is 5.75 Å². The van der Waals surface area contributed by atoms with Crippen LogP contribution in [-0.4, -0.2) is 21.0 Å². The second kappa shape index (κ2) is 6.63. The van der Waals surface area contributed by atoms with Gasteiger partial charge in [-0.3, -0.25) is 4.72 Å². The zero-order chi connectivity index (χ0) is 18.0. The maximum atomic E-state index is 12.8. The third-order valence-corrected chi connectivity index (χ3v) is 4.14. The highest BCUT2D eigenvalue weighted by atomic mass is 32.2. The largest absolute Gasteiger partial charge is 0.461 e. The molecule has 0 unspecified atom stereocenters. The number of benzene rings is 2. The first-order valence-electron chi connectivity index (χ1n) is 6.33. The molecule has 0 aliphatic carbocycles. The molecule has 0 fully saturated rings. The van der Waals surface area contributed by atoms with E-state index in [4.69, 9.17) is 0 Å². The van der Waals surface area contributed by atoms with Gasteiger partial charge in [0.15, 0.2) is 0 Å². The van der Waals surface area contributed by atoms with E-state index < -0.39 is 34.1 Å². The molecule has 4 nitrogen and oxygen atoms in total. The Morgan fingerprint density at radius 1 is 0.958 bits per heavy atom. The number of anilines is 1. The van der Waals surface area contributed by atoms with Crippen LogP contribution < -0.4 is 9.46 Å². The van der Waals surface area contributed by atoms with Crippen LogP contribution in [0.1, 0.15) is 0 Å². The molecule has 0 aromatic heterocycles. The summed E-state index contributed by atoms with van der Waals surface area (Å²) in [5, 5.41) is 0. The Kier molecular flexibility index (Phi) is 4.97. The first kappa shape index (κ1) is 18.0. The van der Waals surface area contributed by atoms with Crippen molar-refractivity contribution in [3.63, 3.8) is 0 Å². The molecule has 0 bridgehead atoms. The van der Waals surface area contributed by atoms with Crippen LogP contribution in [-0.2, 0) is 10.0 Å². The third-order valence-electron chi connectivity index (χ3n) is 2.74. The van der Waals surface area contributed by atoms with Gasteiger partial charge in [0.05, 0.1) is 4.90 Å². The molecular weight excluding hydrogens is 357 g/mol. The van der Waals surface area contributed by atoms with Gasteiger partial charge in [0, 0.05) is 5.69 Å². The number of halogens is 5. The predicted octanol–water partition coefficient (Wildman–Crippen LogP) is 3.86. The molecule has 10 heteroatoms. The summed E-state index contributed by atoms with van der Waals surface area (Å²) in [7, 11) is -4.02. The molecular formula is C14H10F5NO3S. The van der Waals surface area contributed by atoms with Gasteiger partial charge < -0.3 is 4.74 Å². The molecule has 1 N–H and O–H groups in total. The van der Waals surface area contributed by atoms with E-state index in [-0.39, 0.29) is 10.6 Å². The quantitative estimate of drug-likeness (QED) is 0.789. The van der Waals surface area contributed by atoms with Crippen molar-refractivity contribution < 1.29 is 35.1 Å². The monoisotopic (exact) mass is 367 g/mol. The fourth-order valence-corrected chi connectivity index (χ4v) is 2.68. The van der Waals surface area contributed by atoms with Gasteiger partial charge in [-0.05, 0) is 48.5 Å². The van der Waals surface area contributed by atoms with Gasteiger partial charge >= 0.3 is 12.5 Å². The minimum atomic E-state index is -4.66. The normalized spacial score (nSPS) is 12.2. The number of sulfonamides is 1. The lowest BCUT2D eigenvalue weighted by atomic mass is 10.3. The van der Waals surface area contributed by atoms with Gasteiger partial charge in [-0.1, -0.05) is 0 Å². The molecule has 2 aromatic carbocycles. The zero-order valence-electron chi connectivity index (χ0n) is 11.7. The molecule has 0 saturated carbocycles. The van der Waals surface area contributed by atoms with Crippen molar-refractivity contribution >= 4 is 15.7 Å². The highest BCUT2D eigenvalue weighted by Gasteiger charge is 2.43. The molecule has 0 radical (unpaired) electrons. The van der Waals surface area contributed by atoms with E-state index in [0.29, 0.717) is 0 Å². The summed E-state index contributed by atoms with van der Waals surface area (Å²) in [4.78, 5) is -0.214. The topological polar surface area (TPSA) is 55.4 Å². The first-order valence-corrected chi connectivity index (χ1v) is 7.82. The number of alkyl halides is 4. The molecule has 0 saturated heterocycles. The maximum absolute atomic E-state index is 12.8. The Morgan fingerprint density at radius 2 is 1.50 bits per heavy atom. The Hall–Kier alpha value is -2.36. The molecule has 0 spiro atoms. The standard InChI is InChI=1S/C14H10F5NO3S/c15-9-1-7-12(8-2-9)24(21,22)20-10-3-5-11(6-4-10)23-14(18,19)13(16)17/h1-8,13,20H. The number of ether oxygens (including phenoxy) is 1. The van der Waals surface area contributed by atoms with Crippen molar-refractivity contribution in [1.29, 1.82) is 0 Å². The Labute approximate surface area is 133 Å². The minimum absolute atomic E-state index is 0.0213. The van der Waals surface area contributed by atoms with Crippen LogP contribution >= 0.6 is 0 Å². The van der Waals surface area contributed by atoms with E-state index >= 15 is 0 Å². The van der Waals surface area contributed by atoms with Crippen molar-refractivity contribution in [2.24, 2.45) is 0 Å². The second-order valence-corrected chi connectivity index (χ2v) is 6.23. The van der Waals surface area contributed by atoms with Crippen LogP contribution in [0.4, 0.5) is 27.6 Å². The fourth-order valence-electron chi connectivity index (χ4n) is 1.62. The van der Waals surface area contributed by atoms with Crippen molar-refractivity contribution in [3.8, 4) is 5.75 Å². The van der Waals surface area contributed by atoms with Gasteiger partial charge in [-0.15, -0.1) is 0 Å². The minimum Gasteiger partial charge on any atom is -0.428 e. The summed E-state index contributed by atoms with van der Waals surface area (Å²) < 4.78 is 92.4. The number of hydrogen-bond acceptors (Lipinski definition) is 3. The zero-order valence-corrected chi connectivity index (χ0v) is 12.5. The van der Waals surface area contributed by atoms with Gasteiger partial charge in [-0.25, -0.2) is 12.8 Å². The summed E-state index contributed by atoms with van der Waals surface area (Å²) in [6, 6.07) is 7.90. The van der Waals surface area contributed by atoms with E-state index in [9.17, 15) is 30.4 Å². The molecule has 2 rings (SSSR count). The molecule has 24 heavy (non-hydrogen) atoms. The van der Waals surface area contributed by atoms with E-state index in [1.54, 1.807) is 0 Å². The van der Waals surface area contributed by atoms with Crippen molar-refractivity contribution in [1.82, 2.24) is 0 Å². The summed E-state index contributed by atoms with van der Waals surface area (Å²) in [5.74, 6) is -1.18. The molecule has 130 valence electrons. The molecule has 0 aliphatic rings. The average molecular weight is 367 g/mol. The molecule has 0 aliphatic heterocycles. The first-order chi connectivity index (χ1) is 11.1. The summed E-state index contributed by atoms with van der Waals surface area (Å²) >= 11 is 0. The smallest absolute Gasteiger partial charge is 0.428 e. The molecule has 2 aromatic rings. The van der Waals surface area contributed by atoms with Crippen molar-refractivity contribution in [3.05, 3.63) is 54.3 Å². The van der Waals surface area contributed by atoms with Gasteiger partial charge in [0.1, 0.15) is 11.6 Å². The Morgan fingerprint density at radius 3 is 2.00 bits per heavy atom. The lowest BCUT2D eigenvalue weighted by Crippen LogP contribution is -2.33. The number of hydrogen-bond donors (Lipinski definition) is 1. The van der Waals surface area contributed by atoms with E-state index in [1.807, 2.05) is 0 Å². The van der Waals surface area contributed by atoms with Crippen LogP contribution in [0, 0.1) is 5.82 Å². The van der Waals surface area contributed by atoms with Crippen LogP contribution in [0.2, 0.25) is 0 Å². The summed E-state index contributed by atoms with van der Waals surface area (Å²) in [6.07, 6.45) is -8.66. The van der Waals surface area contributed by atoms with Gasteiger partial charge in [-0.2, -0.15) is 17.6 Å². The van der Waals surface area contributed by atoms with Gasteiger partial charge in [0.2, 0.25) is 0 Å². The maximum Gasteiger partial charge on any atom is 0.461 e. The van der Waals surface area contributed by atoms with E-state index in [2.05, 4.69) is 9.46 Å². The lowest BCUT2D eigenvalue weighted by Gasteiger charge is -2.17. The van der Waals surface area contributed by atoms with Gasteiger partial charge in [0.25, 0.3) is 10.0 Å². The summed E-state index contributed by atoms with van der Waals surface area (Å²) in [6.45, 7) is 0. The second-order valence-electron chi connectivity index (χ2n) is 4.55. The van der Waals surface area contributed by atoms with Crippen LogP contribution in [0.3, 0.4) is 0 Å². The lowest BCUT2D eigenvalue weighted by molar-refractivity contribution is -0.253. The highest BCUT2D eigenvalue weighted by molar-refractivity contribution is 7.92. The van der Waals surface area contributed by atoms with E-state index in [0.717, 1.165) is 48.5 Å². The molecule has 0 amide bonds. The van der Waals surface area contributed by atoms with Crippen molar-refractivity contribution in [2.45, 2.75) is 17.4 Å². The SMILES string of the molecule is O=S(=O)(Nc1ccc(OC(F)(F)C(F)F)cc1)c1ccc(F)cc1. The third kappa shape index (κ3) is 4.34. The predicted molar refractivity (Wildman–Crippen MR) is 75.2 cm³/mol. The highest BCUT2D eigenvalue weighted by Crippen LogP contribution is 2.28. The average Bonchev–Trinajstić information content (AvgIpc) is 2.49. The molecule has 0 atom stereocenters.